The normalized spacial score (nSPS) is 10.9. The number of nitrogens with one attached hydrogen (secondary N) is 1. The number of halogens is 1. The molecule has 0 spiro atoms. The maximum absolute atomic E-state index is 12.6. The summed E-state index contributed by atoms with van der Waals surface area (Å²) in [6.45, 7) is 1.88. The summed E-state index contributed by atoms with van der Waals surface area (Å²) in [5, 5.41) is 12.5. The molecule has 0 fully saturated rings. The Kier molecular flexibility index (Phi) is 4.31. The number of hydrogen-bond donors (Lipinski definition) is 1. The van der Waals surface area contributed by atoms with Crippen molar-refractivity contribution >= 4 is 39.1 Å². The van der Waals surface area contributed by atoms with Gasteiger partial charge in [-0.25, -0.2) is 0 Å². The number of H-pyrrole nitrogens is 1. The third kappa shape index (κ3) is 3.25. The van der Waals surface area contributed by atoms with Crippen molar-refractivity contribution in [2.45, 2.75) is 6.92 Å². The molecule has 27 heavy (non-hydrogen) atoms. The molecule has 0 saturated carbocycles. The minimum absolute atomic E-state index is 0.0626. The highest BCUT2D eigenvalue weighted by Crippen LogP contribution is 2.28. The quantitative estimate of drug-likeness (QED) is 0.485. The fourth-order valence-electron chi connectivity index (χ4n) is 3.16. The number of aryl methyl sites for hydroxylation is 1. The first kappa shape index (κ1) is 17.1. The molecule has 0 saturated heterocycles. The maximum Gasteiger partial charge on any atom is 0.202 e. The minimum atomic E-state index is -0.124. The van der Waals surface area contributed by atoms with Crippen molar-refractivity contribution in [2.75, 3.05) is 6.61 Å². The molecule has 1 aromatic heterocycles. The fraction of sp³-hybridized carbons (Fsp3) is 0.0909. The summed E-state index contributed by atoms with van der Waals surface area (Å²) >= 11 is 6.04. The second-order valence-corrected chi connectivity index (χ2v) is 6.83. The monoisotopic (exact) mass is 374 g/mol. The van der Waals surface area contributed by atoms with E-state index in [0.717, 1.165) is 27.2 Å². The van der Waals surface area contributed by atoms with Crippen molar-refractivity contribution in [1.29, 1.82) is 5.26 Å². The Morgan fingerprint density at radius 3 is 2.81 bits per heavy atom. The molecule has 0 amide bonds. The third-order valence-corrected chi connectivity index (χ3v) is 4.80. The van der Waals surface area contributed by atoms with Crippen LogP contribution in [0.15, 0.2) is 54.7 Å². The van der Waals surface area contributed by atoms with Crippen LogP contribution in [0, 0.1) is 18.3 Å². The van der Waals surface area contributed by atoms with Crippen molar-refractivity contribution in [3.8, 4) is 11.8 Å². The molecule has 0 aliphatic rings. The van der Waals surface area contributed by atoms with E-state index in [2.05, 4.69) is 11.1 Å². The van der Waals surface area contributed by atoms with Gasteiger partial charge in [-0.15, -0.1) is 0 Å². The Bertz CT molecular complexity index is 1230. The molecule has 0 aliphatic heterocycles. The SMILES string of the molecule is Cc1cc2cc(Cl)ccc2cc1OCC(=O)c1c[nH]c2cc(C#N)ccc12. The van der Waals surface area contributed by atoms with E-state index >= 15 is 0 Å². The summed E-state index contributed by atoms with van der Waals surface area (Å²) in [6, 6.07) is 16.9. The highest BCUT2D eigenvalue weighted by Gasteiger charge is 2.14. The lowest BCUT2D eigenvalue weighted by Gasteiger charge is -2.10. The molecule has 1 heterocycles. The maximum atomic E-state index is 12.6. The van der Waals surface area contributed by atoms with Gasteiger partial charge in [0.05, 0.1) is 11.6 Å². The zero-order valence-electron chi connectivity index (χ0n) is 14.5. The number of carbonyl (C=O) groups excluding carboxylic acids is 1. The Labute approximate surface area is 160 Å². The number of hydrogen-bond acceptors (Lipinski definition) is 3. The first-order valence-corrected chi connectivity index (χ1v) is 8.80. The van der Waals surface area contributed by atoms with Gasteiger partial charge in [0.25, 0.3) is 0 Å². The summed E-state index contributed by atoms with van der Waals surface area (Å²) in [7, 11) is 0. The van der Waals surface area contributed by atoms with Gasteiger partial charge in [0, 0.05) is 27.7 Å². The van der Waals surface area contributed by atoms with Crippen molar-refractivity contribution in [3.63, 3.8) is 0 Å². The zero-order chi connectivity index (χ0) is 19.0. The lowest BCUT2D eigenvalue weighted by molar-refractivity contribution is 0.0923. The van der Waals surface area contributed by atoms with Crippen LogP contribution in [-0.2, 0) is 0 Å². The van der Waals surface area contributed by atoms with Crippen molar-refractivity contribution < 1.29 is 9.53 Å². The molecule has 3 aromatic carbocycles. The highest BCUT2D eigenvalue weighted by atomic mass is 35.5. The Morgan fingerprint density at radius 1 is 1.15 bits per heavy atom. The first-order chi connectivity index (χ1) is 13.0. The number of fused-ring (bicyclic) bond motifs is 2. The van der Waals surface area contributed by atoms with Crippen LogP contribution in [0.3, 0.4) is 0 Å². The summed E-state index contributed by atoms with van der Waals surface area (Å²) in [5.41, 5.74) is 2.80. The Balaban J connectivity index is 1.58. The van der Waals surface area contributed by atoms with Crippen molar-refractivity contribution in [3.05, 3.63) is 76.4 Å². The van der Waals surface area contributed by atoms with Gasteiger partial charge < -0.3 is 9.72 Å². The van der Waals surface area contributed by atoms with E-state index in [1.165, 1.54) is 0 Å². The molecule has 132 valence electrons. The van der Waals surface area contributed by atoms with Crippen molar-refractivity contribution in [1.82, 2.24) is 4.98 Å². The van der Waals surface area contributed by atoms with Crippen LogP contribution in [0.4, 0.5) is 0 Å². The molecular weight excluding hydrogens is 360 g/mol. The lowest BCUT2D eigenvalue weighted by Crippen LogP contribution is -2.11. The minimum Gasteiger partial charge on any atom is -0.485 e. The predicted molar refractivity (Wildman–Crippen MR) is 107 cm³/mol. The number of aromatic nitrogens is 1. The smallest absolute Gasteiger partial charge is 0.202 e. The van der Waals surface area contributed by atoms with Gasteiger partial charge in [0.15, 0.2) is 6.61 Å². The number of aromatic amines is 1. The Hall–Kier alpha value is -3.29. The molecule has 0 radical (unpaired) electrons. The van der Waals surface area contributed by atoms with E-state index in [-0.39, 0.29) is 12.4 Å². The number of Topliss-reactive ketones (excluding diaryl/α,β-unsaturated/α-hetero) is 1. The molecule has 0 unspecified atom stereocenters. The molecular formula is C22H15ClN2O2. The van der Waals surface area contributed by atoms with Crippen LogP contribution in [0.5, 0.6) is 5.75 Å². The summed E-state index contributed by atoms with van der Waals surface area (Å²) in [4.78, 5) is 15.7. The first-order valence-electron chi connectivity index (χ1n) is 8.42. The van der Waals surface area contributed by atoms with Crippen LogP contribution in [0.25, 0.3) is 21.7 Å². The number of nitrogens with zero attached hydrogens (tertiary/aromatic N) is 1. The van der Waals surface area contributed by atoms with Crippen LogP contribution >= 0.6 is 11.6 Å². The van der Waals surface area contributed by atoms with Crippen LogP contribution in [0.2, 0.25) is 5.02 Å². The van der Waals surface area contributed by atoms with Crippen LogP contribution < -0.4 is 4.74 Å². The second kappa shape index (κ2) is 6.79. The average molecular weight is 375 g/mol. The molecule has 4 nitrogen and oxygen atoms in total. The van der Waals surface area contributed by atoms with E-state index in [4.69, 9.17) is 21.6 Å². The van der Waals surface area contributed by atoms with E-state index in [0.29, 0.717) is 21.9 Å². The molecule has 0 aliphatic carbocycles. The van der Waals surface area contributed by atoms with Gasteiger partial charge >= 0.3 is 0 Å². The van der Waals surface area contributed by atoms with Gasteiger partial charge in [-0.1, -0.05) is 23.7 Å². The molecule has 1 N–H and O–H groups in total. The van der Waals surface area contributed by atoms with Crippen molar-refractivity contribution in [2.24, 2.45) is 0 Å². The van der Waals surface area contributed by atoms with E-state index in [1.807, 2.05) is 37.3 Å². The molecule has 4 rings (SSSR count). The van der Waals surface area contributed by atoms with E-state index in [1.54, 1.807) is 24.4 Å². The molecule has 0 bridgehead atoms. The summed E-state index contributed by atoms with van der Waals surface area (Å²) in [6.07, 6.45) is 1.66. The highest BCUT2D eigenvalue weighted by molar-refractivity contribution is 6.31. The lowest BCUT2D eigenvalue weighted by atomic mass is 10.1. The number of nitriles is 1. The topological polar surface area (TPSA) is 65.9 Å². The standard InChI is InChI=1S/C22H15ClN2O2/c1-13-6-16-8-17(23)4-3-15(16)9-22(13)27-12-21(26)19-11-25-20-7-14(10-24)2-5-18(19)20/h2-9,11,25H,12H2,1H3. The molecule has 4 aromatic rings. The van der Waals surface area contributed by atoms with Gasteiger partial charge in [-0.2, -0.15) is 5.26 Å². The van der Waals surface area contributed by atoms with Gasteiger partial charge in [-0.05, 0) is 59.7 Å². The summed E-state index contributed by atoms with van der Waals surface area (Å²) < 4.78 is 5.81. The number of ether oxygens (including phenoxy) is 1. The summed E-state index contributed by atoms with van der Waals surface area (Å²) in [5.74, 6) is 0.548. The zero-order valence-corrected chi connectivity index (χ0v) is 15.3. The van der Waals surface area contributed by atoms with Gasteiger partial charge in [0.2, 0.25) is 5.78 Å². The predicted octanol–water partition coefficient (Wildman–Crippen LogP) is 5.42. The van der Waals surface area contributed by atoms with Gasteiger partial charge in [0.1, 0.15) is 5.75 Å². The van der Waals surface area contributed by atoms with E-state index < -0.39 is 0 Å². The number of benzene rings is 3. The van der Waals surface area contributed by atoms with Crippen LogP contribution in [-0.4, -0.2) is 17.4 Å². The van der Waals surface area contributed by atoms with Gasteiger partial charge in [-0.3, -0.25) is 4.79 Å². The molecule has 0 atom stereocenters. The number of ketones is 1. The Morgan fingerprint density at radius 2 is 2.00 bits per heavy atom. The fourth-order valence-corrected chi connectivity index (χ4v) is 3.35. The molecule has 5 heteroatoms. The number of carbonyl (C=O) groups is 1. The largest absolute Gasteiger partial charge is 0.485 e. The third-order valence-electron chi connectivity index (χ3n) is 4.57. The average Bonchev–Trinajstić information content (AvgIpc) is 3.09. The van der Waals surface area contributed by atoms with Crippen LogP contribution in [0.1, 0.15) is 21.5 Å². The van der Waals surface area contributed by atoms with E-state index in [9.17, 15) is 4.79 Å². The number of rotatable bonds is 4. The second-order valence-electron chi connectivity index (χ2n) is 6.40.